The van der Waals surface area contributed by atoms with Crippen LogP contribution in [0.4, 0.5) is 17.1 Å². The molecule has 0 aliphatic carbocycles. The third-order valence-corrected chi connectivity index (χ3v) is 7.18. The van der Waals surface area contributed by atoms with E-state index in [0.717, 1.165) is 63.1 Å². The van der Waals surface area contributed by atoms with Crippen LogP contribution in [0.2, 0.25) is 0 Å². The molecule has 0 atom stereocenters. The van der Waals surface area contributed by atoms with Gasteiger partial charge >= 0.3 is 5.97 Å². The van der Waals surface area contributed by atoms with Crippen LogP contribution in [0.5, 0.6) is 0 Å². The van der Waals surface area contributed by atoms with Crippen LogP contribution in [0.1, 0.15) is 64.2 Å². The molecule has 0 spiro atoms. The molecule has 3 heterocycles. The zero-order chi connectivity index (χ0) is 26.5. The third-order valence-electron chi connectivity index (χ3n) is 7.18. The second-order valence-electron chi connectivity index (χ2n) is 9.80. The van der Waals surface area contributed by atoms with Crippen molar-refractivity contribution >= 4 is 34.8 Å². The molecule has 2 N–H and O–H groups in total. The number of amides is 2. The van der Waals surface area contributed by atoms with Crippen molar-refractivity contribution in [1.82, 2.24) is 9.78 Å². The number of anilines is 3. The van der Waals surface area contributed by atoms with Crippen LogP contribution in [0.3, 0.4) is 0 Å². The average Bonchev–Trinajstić information content (AvgIpc) is 3.39. The number of nitrogens with zero attached hydrogens (tertiary/aromatic N) is 3. The van der Waals surface area contributed by atoms with Crippen molar-refractivity contribution in [3.63, 3.8) is 0 Å². The number of esters is 1. The van der Waals surface area contributed by atoms with Crippen molar-refractivity contribution in [2.45, 2.75) is 51.5 Å². The predicted octanol–water partition coefficient (Wildman–Crippen LogP) is 4.43. The summed E-state index contributed by atoms with van der Waals surface area (Å²) in [6.45, 7) is 2.62. The van der Waals surface area contributed by atoms with E-state index in [1.54, 1.807) is 30.3 Å². The predicted molar refractivity (Wildman–Crippen MR) is 146 cm³/mol. The van der Waals surface area contributed by atoms with Crippen LogP contribution in [0, 0.1) is 0 Å². The second kappa shape index (κ2) is 11.5. The van der Waals surface area contributed by atoms with Gasteiger partial charge in [0.15, 0.2) is 5.69 Å². The van der Waals surface area contributed by atoms with Gasteiger partial charge in [0.05, 0.1) is 24.9 Å². The molecular formula is C29H33N5O4. The van der Waals surface area contributed by atoms with Gasteiger partial charge in [-0.15, -0.1) is 0 Å². The van der Waals surface area contributed by atoms with Crippen LogP contribution in [0.25, 0.3) is 0 Å². The number of para-hydroxylation sites is 1. The summed E-state index contributed by atoms with van der Waals surface area (Å²) in [5.74, 6) is -1.00. The molecule has 198 valence electrons. The molecule has 9 heteroatoms. The summed E-state index contributed by atoms with van der Waals surface area (Å²) in [6, 6.07) is 14.4. The standard InChI is InChI=1S/C29H33N5O4/c1-38-27(35)18-20-9-3-4-11-23(20)30-28(36)21-12-13-26(33-14-6-2-7-15-33)24(17-21)31-29(37)25-19-22-10-5-8-16-34(22)32-25/h3-4,9,11-13,17,19H,2,5-8,10,14-16,18H2,1H3,(H,30,36)(H,31,37). The summed E-state index contributed by atoms with van der Waals surface area (Å²) in [4.78, 5) is 40.6. The van der Waals surface area contributed by atoms with Crippen molar-refractivity contribution in [1.29, 1.82) is 0 Å². The van der Waals surface area contributed by atoms with E-state index in [9.17, 15) is 14.4 Å². The molecule has 2 aliphatic rings. The van der Waals surface area contributed by atoms with Crippen molar-refractivity contribution in [3.05, 3.63) is 71.0 Å². The molecule has 0 saturated carbocycles. The molecule has 0 unspecified atom stereocenters. The van der Waals surface area contributed by atoms with E-state index in [0.29, 0.717) is 28.2 Å². The number of benzene rings is 2. The van der Waals surface area contributed by atoms with Crippen LogP contribution in [0.15, 0.2) is 48.5 Å². The van der Waals surface area contributed by atoms with Crippen LogP contribution < -0.4 is 15.5 Å². The lowest BCUT2D eigenvalue weighted by molar-refractivity contribution is -0.139. The first-order valence-electron chi connectivity index (χ1n) is 13.2. The van der Waals surface area contributed by atoms with E-state index in [1.165, 1.54) is 13.5 Å². The van der Waals surface area contributed by atoms with Crippen molar-refractivity contribution in [3.8, 4) is 0 Å². The van der Waals surface area contributed by atoms with E-state index in [2.05, 4.69) is 20.6 Å². The Balaban J connectivity index is 1.41. The van der Waals surface area contributed by atoms with Gasteiger partial charge < -0.3 is 20.3 Å². The summed E-state index contributed by atoms with van der Waals surface area (Å²) >= 11 is 0. The molecule has 1 aromatic heterocycles. The first kappa shape index (κ1) is 25.5. The van der Waals surface area contributed by atoms with Gasteiger partial charge in [-0.2, -0.15) is 5.10 Å². The average molecular weight is 516 g/mol. The molecule has 2 amide bonds. The number of carbonyl (C=O) groups excluding carboxylic acids is 3. The number of aryl methyl sites for hydroxylation is 2. The zero-order valence-corrected chi connectivity index (χ0v) is 21.7. The van der Waals surface area contributed by atoms with E-state index in [4.69, 9.17) is 4.74 Å². The summed E-state index contributed by atoms with van der Waals surface area (Å²) in [5, 5.41) is 10.5. The van der Waals surface area contributed by atoms with Crippen LogP contribution in [-0.4, -0.2) is 47.8 Å². The van der Waals surface area contributed by atoms with Gasteiger partial charge in [-0.1, -0.05) is 18.2 Å². The number of rotatable bonds is 7. The van der Waals surface area contributed by atoms with Gasteiger partial charge in [-0.05, 0) is 74.4 Å². The lowest BCUT2D eigenvalue weighted by Crippen LogP contribution is -2.30. The first-order chi connectivity index (χ1) is 18.5. The fraction of sp³-hybridized carbons (Fsp3) is 0.379. The van der Waals surface area contributed by atoms with E-state index in [-0.39, 0.29) is 24.2 Å². The van der Waals surface area contributed by atoms with Crippen molar-refractivity contribution in [2.24, 2.45) is 0 Å². The highest BCUT2D eigenvalue weighted by atomic mass is 16.5. The largest absolute Gasteiger partial charge is 0.469 e. The van der Waals surface area contributed by atoms with Gasteiger partial charge in [0, 0.05) is 36.6 Å². The molecule has 0 radical (unpaired) electrons. The van der Waals surface area contributed by atoms with Gasteiger partial charge in [0.2, 0.25) is 0 Å². The Kier molecular flexibility index (Phi) is 7.72. The number of aromatic nitrogens is 2. The lowest BCUT2D eigenvalue weighted by Gasteiger charge is -2.30. The molecule has 0 bridgehead atoms. The number of nitrogens with one attached hydrogen (secondary N) is 2. The maximum absolute atomic E-state index is 13.3. The number of piperidine rings is 1. The highest BCUT2D eigenvalue weighted by Gasteiger charge is 2.22. The monoisotopic (exact) mass is 515 g/mol. The minimum Gasteiger partial charge on any atom is -0.469 e. The topological polar surface area (TPSA) is 106 Å². The maximum atomic E-state index is 13.3. The molecule has 1 saturated heterocycles. The number of methoxy groups -OCH3 is 1. The SMILES string of the molecule is COC(=O)Cc1ccccc1NC(=O)c1ccc(N2CCCCC2)c(NC(=O)c2cc3n(n2)CCCC3)c1. The molecule has 3 aromatic rings. The quantitative estimate of drug-likeness (QED) is 0.451. The van der Waals surface area contributed by atoms with Gasteiger partial charge in [0.1, 0.15) is 0 Å². The van der Waals surface area contributed by atoms with E-state index in [1.807, 2.05) is 22.9 Å². The number of fused-ring (bicyclic) bond motifs is 1. The highest BCUT2D eigenvalue weighted by Crippen LogP contribution is 2.31. The zero-order valence-electron chi connectivity index (χ0n) is 21.7. The first-order valence-corrected chi connectivity index (χ1v) is 13.2. The van der Waals surface area contributed by atoms with Crippen LogP contribution >= 0.6 is 0 Å². The van der Waals surface area contributed by atoms with Crippen LogP contribution in [-0.2, 0) is 28.9 Å². The fourth-order valence-electron chi connectivity index (χ4n) is 5.12. The number of hydrogen-bond acceptors (Lipinski definition) is 6. The normalized spacial score (nSPS) is 14.9. The van der Waals surface area contributed by atoms with Gasteiger partial charge in [-0.3, -0.25) is 19.1 Å². The molecule has 2 aliphatic heterocycles. The molecule has 38 heavy (non-hydrogen) atoms. The third kappa shape index (κ3) is 5.72. The second-order valence-corrected chi connectivity index (χ2v) is 9.80. The summed E-state index contributed by atoms with van der Waals surface area (Å²) in [5.41, 5.74) is 4.54. The van der Waals surface area contributed by atoms with Gasteiger partial charge in [0.25, 0.3) is 11.8 Å². The summed E-state index contributed by atoms with van der Waals surface area (Å²) in [6.07, 6.45) is 6.49. The summed E-state index contributed by atoms with van der Waals surface area (Å²) in [7, 11) is 1.34. The Morgan fingerprint density at radius 3 is 2.42 bits per heavy atom. The van der Waals surface area contributed by atoms with Crippen molar-refractivity contribution < 1.29 is 19.1 Å². The number of ether oxygens (including phenoxy) is 1. The van der Waals surface area contributed by atoms with Crippen molar-refractivity contribution in [2.75, 3.05) is 35.7 Å². The lowest BCUT2D eigenvalue weighted by atomic mass is 10.1. The smallest absolute Gasteiger partial charge is 0.310 e. The molecular weight excluding hydrogens is 482 g/mol. The van der Waals surface area contributed by atoms with E-state index >= 15 is 0 Å². The molecule has 5 rings (SSSR count). The summed E-state index contributed by atoms with van der Waals surface area (Å²) < 4.78 is 6.70. The minimum absolute atomic E-state index is 0.0524. The molecule has 1 fully saturated rings. The Morgan fingerprint density at radius 2 is 1.63 bits per heavy atom. The Bertz CT molecular complexity index is 1320. The molecule has 9 nitrogen and oxygen atoms in total. The van der Waals surface area contributed by atoms with E-state index < -0.39 is 0 Å². The molecule has 2 aromatic carbocycles. The Hall–Kier alpha value is -4.14. The fourth-order valence-corrected chi connectivity index (χ4v) is 5.12. The maximum Gasteiger partial charge on any atom is 0.310 e. The minimum atomic E-state index is -0.386. The highest BCUT2D eigenvalue weighted by molar-refractivity contribution is 6.09. The number of carbonyl (C=O) groups is 3. The van der Waals surface area contributed by atoms with Gasteiger partial charge in [-0.25, -0.2) is 0 Å². The number of hydrogen-bond donors (Lipinski definition) is 2. The Labute approximate surface area is 222 Å². The Morgan fingerprint density at radius 1 is 0.868 bits per heavy atom.